The van der Waals surface area contributed by atoms with Crippen LogP contribution in [-0.2, 0) is 6.54 Å². The molecule has 0 bridgehead atoms. The third-order valence-electron chi connectivity index (χ3n) is 3.76. The van der Waals surface area contributed by atoms with Crippen LogP contribution in [0.2, 0.25) is 0 Å². The van der Waals surface area contributed by atoms with E-state index in [1.165, 1.54) is 13.4 Å². The summed E-state index contributed by atoms with van der Waals surface area (Å²) in [6.07, 6.45) is 1.28. The van der Waals surface area contributed by atoms with Crippen LogP contribution in [0.15, 0.2) is 28.9 Å². The topological polar surface area (TPSA) is 93.9 Å². The van der Waals surface area contributed by atoms with Gasteiger partial charge in [0.05, 0.1) is 26.3 Å². The molecule has 0 spiro atoms. The number of carbonyl (C=O) groups is 2. The molecule has 0 radical (unpaired) electrons. The summed E-state index contributed by atoms with van der Waals surface area (Å²) in [5, 5.41) is 2.65. The van der Waals surface area contributed by atoms with E-state index in [4.69, 9.17) is 13.9 Å². The van der Waals surface area contributed by atoms with Crippen molar-refractivity contribution in [1.29, 1.82) is 0 Å². The summed E-state index contributed by atoms with van der Waals surface area (Å²) < 4.78 is 15.8. The van der Waals surface area contributed by atoms with Gasteiger partial charge in [0.15, 0.2) is 5.69 Å². The van der Waals surface area contributed by atoms with E-state index in [2.05, 4.69) is 10.3 Å². The lowest BCUT2D eigenvalue weighted by molar-refractivity contribution is 0.0735. The Morgan fingerprint density at radius 2 is 2.00 bits per heavy atom. The van der Waals surface area contributed by atoms with E-state index in [0.29, 0.717) is 30.2 Å². The normalized spacial score (nSPS) is 10.3. The van der Waals surface area contributed by atoms with Gasteiger partial charge in [0.1, 0.15) is 17.8 Å². The number of nitrogens with zero attached hydrogens (tertiary/aromatic N) is 2. The van der Waals surface area contributed by atoms with Gasteiger partial charge in [0, 0.05) is 19.2 Å². The van der Waals surface area contributed by atoms with Gasteiger partial charge in [0.2, 0.25) is 5.89 Å². The van der Waals surface area contributed by atoms with Crippen LogP contribution in [-0.4, -0.2) is 49.0 Å². The molecule has 0 aliphatic carbocycles. The van der Waals surface area contributed by atoms with E-state index in [1.54, 1.807) is 30.2 Å². The number of benzene rings is 1. The van der Waals surface area contributed by atoms with Gasteiger partial charge < -0.3 is 24.1 Å². The first-order valence-corrected chi connectivity index (χ1v) is 8.27. The number of oxazole rings is 1. The maximum Gasteiger partial charge on any atom is 0.273 e. The van der Waals surface area contributed by atoms with Crippen LogP contribution < -0.4 is 14.8 Å². The number of carbonyl (C=O) groups excluding carboxylic acids is 2. The van der Waals surface area contributed by atoms with Crippen molar-refractivity contribution in [3.05, 3.63) is 41.6 Å². The molecule has 1 heterocycles. The minimum Gasteiger partial charge on any atom is -0.497 e. The lowest BCUT2D eigenvalue weighted by Gasteiger charge is -2.20. The average molecular weight is 361 g/mol. The number of nitrogens with one attached hydrogen (secondary N) is 1. The lowest BCUT2D eigenvalue weighted by atomic mass is 10.1. The maximum atomic E-state index is 12.9. The van der Waals surface area contributed by atoms with Crippen molar-refractivity contribution in [3.8, 4) is 11.5 Å². The Bertz CT molecular complexity index is 772. The van der Waals surface area contributed by atoms with Crippen LogP contribution in [0.3, 0.4) is 0 Å². The highest BCUT2D eigenvalue weighted by atomic mass is 16.5. The van der Waals surface area contributed by atoms with Crippen molar-refractivity contribution in [3.63, 3.8) is 0 Å². The summed E-state index contributed by atoms with van der Waals surface area (Å²) in [6, 6.07) is 5.00. The second-order valence-electron chi connectivity index (χ2n) is 5.37. The van der Waals surface area contributed by atoms with Crippen LogP contribution in [0.5, 0.6) is 11.5 Å². The van der Waals surface area contributed by atoms with Gasteiger partial charge in [-0.25, -0.2) is 4.98 Å². The molecule has 1 aromatic heterocycles. The van der Waals surface area contributed by atoms with Crippen LogP contribution in [0.25, 0.3) is 0 Å². The van der Waals surface area contributed by atoms with Gasteiger partial charge in [-0.1, -0.05) is 0 Å². The fourth-order valence-electron chi connectivity index (χ4n) is 2.37. The van der Waals surface area contributed by atoms with E-state index >= 15 is 0 Å². The Balaban J connectivity index is 2.18. The van der Waals surface area contributed by atoms with E-state index in [1.807, 2.05) is 13.8 Å². The molecule has 2 aromatic rings. The number of amides is 2. The summed E-state index contributed by atoms with van der Waals surface area (Å²) in [5.41, 5.74) is 0.595. The van der Waals surface area contributed by atoms with E-state index in [-0.39, 0.29) is 29.9 Å². The van der Waals surface area contributed by atoms with Gasteiger partial charge in [-0.3, -0.25) is 9.59 Å². The summed E-state index contributed by atoms with van der Waals surface area (Å²) in [4.78, 5) is 30.3. The number of hydrogen-bond acceptors (Lipinski definition) is 6. The van der Waals surface area contributed by atoms with Crippen LogP contribution >= 0.6 is 0 Å². The molecule has 0 fully saturated rings. The fraction of sp³-hybridized carbons (Fsp3) is 0.389. The van der Waals surface area contributed by atoms with Crippen LogP contribution in [0.1, 0.15) is 40.6 Å². The second kappa shape index (κ2) is 8.89. The number of methoxy groups -OCH3 is 2. The zero-order valence-corrected chi connectivity index (χ0v) is 15.4. The predicted molar refractivity (Wildman–Crippen MR) is 94.5 cm³/mol. The van der Waals surface area contributed by atoms with Gasteiger partial charge >= 0.3 is 0 Å². The number of rotatable bonds is 8. The number of ether oxygens (including phenoxy) is 2. The molecule has 0 saturated heterocycles. The molecule has 1 aromatic carbocycles. The Morgan fingerprint density at radius 1 is 1.23 bits per heavy atom. The Labute approximate surface area is 152 Å². The first kappa shape index (κ1) is 19.3. The average Bonchev–Trinajstić information content (AvgIpc) is 3.14. The Kier molecular flexibility index (Phi) is 6.60. The molecule has 0 atom stereocenters. The van der Waals surface area contributed by atoms with Crippen LogP contribution in [0, 0.1) is 0 Å². The molecule has 26 heavy (non-hydrogen) atoms. The standard InChI is InChI=1S/C18H23N3O5/c1-5-19-17(22)14-11-26-16(20-14)10-21(6-2)18(23)13-8-7-12(24-3)9-15(13)25-4/h7-9,11H,5-6,10H2,1-4H3,(H,19,22). The minimum atomic E-state index is -0.311. The van der Waals surface area contributed by atoms with Gasteiger partial charge in [0.25, 0.3) is 11.8 Å². The fourth-order valence-corrected chi connectivity index (χ4v) is 2.37. The highest BCUT2D eigenvalue weighted by Crippen LogP contribution is 2.26. The van der Waals surface area contributed by atoms with Gasteiger partial charge in [-0.05, 0) is 26.0 Å². The van der Waals surface area contributed by atoms with Crippen molar-refractivity contribution >= 4 is 11.8 Å². The Hall–Kier alpha value is -3.03. The molecule has 2 amide bonds. The molecular weight excluding hydrogens is 338 g/mol. The first-order valence-electron chi connectivity index (χ1n) is 8.27. The second-order valence-corrected chi connectivity index (χ2v) is 5.37. The van der Waals surface area contributed by atoms with Crippen LogP contribution in [0.4, 0.5) is 0 Å². The molecular formula is C18H23N3O5. The SMILES string of the molecule is CCNC(=O)c1coc(CN(CC)C(=O)c2ccc(OC)cc2OC)n1. The van der Waals surface area contributed by atoms with E-state index in [9.17, 15) is 9.59 Å². The highest BCUT2D eigenvalue weighted by molar-refractivity contribution is 5.97. The third kappa shape index (κ3) is 4.33. The monoisotopic (exact) mass is 361 g/mol. The molecule has 0 aliphatic heterocycles. The van der Waals surface area contributed by atoms with E-state index < -0.39 is 0 Å². The molecule has 140 valence electrons. The number of aromatic nitrogens is 1. The van der Waals surface area contributed by atoms with Crippen molar-refractivity contribution in [2.75, 3.05) is 27.3 Å². The molecule has 2 rings (SSSR count). The summed E-state index contributed by atoms with van der Waals surface area (Å²) in [7, 11) is 3.04. The highest BCUT2D eigenvalue weighted by Gasteiger charge is 2.21. The molecule has 1 N–H and O–H groups in total. The van der Waals surface area contributed by atoms with Crippen molar-refractivity contribution < 1.29 is 23.5 Å². The first-order chi connectivity index (χ1) is 12.5. The number of hydrogen-bond donors (Lipinski definition) is 1. The summed E-state index contributed by atoms with van der Waals surface area (Å²) in [6.45, 7) is 4.74. The smallest absolute Gasteiger partial charge is 0.273 e. The maximum absolute atomic E-state index is 12.9. The third-order valence-corrected chi connectivity index (χ3v) is 3.76. The minimum absolute atomic E-state index is 0.143. The quantitative estimate of drug-likeness (QED) is 0.774. The predicted octanol–water partition coefficient (Wildman–Crippen LogP) is 2.10. The van der Waals surface area contributed by atoms with Crippen molar-refractivity contribution in [2.24, 2.45) is 0 Å². The largest absolute Gasteiger partial charge is 0.497 e. The van der Waals surface area contributed by atoms with Gasteiger partial charge in [-0.15, -0.1) is 0 Å². The zero-order chi connectivity index (χ0) is 19.1. The van der Waals surface area contributed by atoms with E-state index in [0.717, 1.165) is 0 Å². The Morgan fingerprint density at radius 3 is 2.62 bits per heavy atom. The summed E-state index contributed by atoms with van der Waals surface area (Å²) in [5.74, 6) is 0.760. The molecule has 8 nitrogen and oxygen atoms in total. The van der Waals surface area contributed by atoms with Crippen molar-refractivity contribution in [1.82, 2.24) is 15.2 Å². The molecule has 0 aliphatic rings. The molecule has 0 unspecified atom stereocenters. The lowest BCUT2D eigenvalue weighted by Crippen LogP contribution is -2.31. The van der Waals surface area contributed by atoms with Gasteiger partial charge in [-0.2, -0.15) is 0 Å². The zero-order valence-electron chi connectivity index (χ0n) is 15.4. The summed E-state index contributed by atoms with van der Waals surface area (Å²) >= 11 is 0. The molecule has 8 heteroatoms. The molecule has 0 saturated carbocycles. The van der Waals surface area contributed by atoms with Crippen molar-refractivity contribution in [2.45, 2.75) is 20.4 Å².